The summed E-state index contributed by atoms with van der Waals surface area (Å²) in [4.78, 5) is 19.3. The molecule has 0 unspecified atom stereocenters. The fourth-order valence-corrected chi connectivity index (χ4v) is 5.01. The lowest BCUT2D eigenvalue weighted by atomic mass is 9.87. The molecule has 4 aromatic rings. The number of halogens is 4. The smallest absolute Gasteiger partial charge is 0.347 e. The van der Waals surface area contributed by atoms with Crippen LogP contribution in [0, 0.1) is 5.82 Å². The van der Waals surface area contributed by atoms with Gasteiger partial charge in [0.15, 0.2) is 0 Å². The number of aromatic nitrogens is 1. The van der Waals surface area contributed by atoms with Crippen molar-refractivity contribution in [3.05, 3.63) is 123 Å². The minimum absolute atomic E-state index is 0.0448. The summed E-state index contributed by atoms with van der Waals surface area (Å²) < 4.78 is 52.4. The van der Waals surface area contributed by atoms with E-state index < -0.39 is 17.6 Å². The molecule has 9 heteroatoms. The molecule has 0 spiro atoms. The predicted octanol–water partition coefficient (Wildman–Crippen LogP) is 7.73. The zero-order valence-electron chi connectivity index (χ0n) is 22.6. The average molecular weight is 570 g/mol. The molecular formula is C31H31F4N3OS. The van der Waals surface area contributed by atoms with Crippen molar-refractivity contribution in [3.63, 3.8) is 0 Å². The highest BCUT2D eigenvalue weighted by atomic mass is 32.1. The van der Waals surface area contributed by atoms with Crippen LogP contribution in [0.5, 0.6) is 0 Å². The standard InChI is InChI=1S/C31H31F4N3OS/c1-30(2,3)24-11-7-21(8-12-24)17-38(18-22-9-13-26(32)14-10-22)19-28-37-27(20-40-28)29(39)36-16-23-5-4-6-25(15-23)31(33,34)35/h4-15,20H,16-19H2,1-3H3,(H,36,39). The fraction of sp³-hybridized carbons (Fsp3) is 0.290. The van der Waals surface area contributed by atoms with Gasteiger partial charge in [-0.3, -0.25) is 9.69 Å². The van der Waals surface area contributed by atoms with Gasteiger partial charge in [0, 0.05) is 25.0 Å². The Hall–Kier alpha value is -3.56. The highest BCUT2D eigenvalue weighted by Gasteiger charge is 2.30. The van der Waals surface area contributed by atoms with Crippen LogP contribution in [0.1, 0.15) is 64.1 Å². The Labute approximate surface area is 235 Å². The van der Waals surface area contributed by atoms with Crippen LogP contribution in [-0.2, 0) is 37.8 Å². The maximum absolute atomic E-state index is 13.5. The lowest BCUT2D eigenvalue weighted by molar-refractivity contribution is -0.137. The van der Waals surface area contributed by atoms with Crippen LogP contribution in [0.25, 0.3) is 0 Å². The molecule has 0 fully saturated rings. The van der Waals surface area contributed by atoms with Crippen LogP contribution in [0.3, 0.4) is 0 Å². The first-order chi connectivity index (χ1) is 18.9. The minimum atomic E-state index is -4.45. The first-order valence-corrected chi connectivity index (χ1v) is 13.7. The third-order valence-corrected chi connectivity index (χ3v) is 7.23. The number of benzene rings is 3. The molecule has 1 N–H and O–H groups in total. The van der Waals surface area contributed by atoms with E-state index in [1.165, 1.54) is 41.2 Å². The van der Waals surface area contributed by atoms with Gasteiger partial charge in [-0.1, -0.05) is 69.3 Å². The van der Waals surface area contributed by atoms with Crippen LogP contribution in [0.2, 0.25) is 0 Å². The lowest BCUT2D eigenvalue weighted by Crippen LogP contribution is -2.24. The van der Waals surface area contributed by atoms with Gasteiger partial charge in [-0.2, -0.15) is 13.2 Å². The minimum Gasteiger partial charge on any atom is -0.347 e. The molecule has 0 saturated heterocycles. The van der Waals surface area contributed by atoms with E-state index in [4.69, 9.17) is 0 Å². The largest absolute Gasteiger partial charge is 0.416 e. The molecule has 0 aliphatic carbocycles. The van der Waals surface area contributed by atoms with Gasteiger partial charge in [0.25, 0.3) is 5.91 Å². The first kappa shape index (κ1) is 29.4. The zero-order chi connectivity index (χ0) is 28.9. The highest BCUT2D eigenvalue weighted by Crippen LogP contribution is 2.29. The molecule has 4 nitrogen and oxygen atoms in total. The number of hydrogen-bond acceptors (Lipinski definition) is 4. The molecule has 1 amide bonds. The fourth-order valence-electron chi connectivity index (χ4n) is 4.19. The molecule has 1 heterocycles. The Kier molecular flexibility index (Phi) is 9.05. The van der Waals surface area contributed by atoms with E-state index in [0.717, 1.165) is 28.3 Å². The third-order valence-electron chi connectivity index (χ3n) is 6.40. The van der Waals surface area contributed by atoms with Gasteiger partial charge in [0.2, 0.25) is 0 Å². The molecule has 3 aromatic carbocycles. The van der Waals surface area contributed by atoms with Crippen LogP contribution in [0.15, 0.2) is 78.2 Å². The van der Waals surface area contributed by atoms with Gasteiger partial charge in [0.05, 0.1) is 12.1 Å². The second-order valence-corrected chi connectivity index (χ2v) is 11.7. The molecule has 0 bridgehead atoms. The van der Waals surface area contributed by atoms with E-state index in [2.05, 4.69) is 60.2 Å². The van der Waals surface area contributed by atoms with E-state index in [-0.39, 0.29) is 23.5 Å². The predicted molar refractivity (Wildman–Crippen MR) is 149 cm³/mol. The Morgan fingerprint density at radius 3 is 2.08 bits per heavy atom. The topological polar surface area (TPSA) is 45.2 Å². The van der Waals surface area contributed by atoms with Crippen LogP contribution in [-0.4, -0.2) is 15.8 Å². The van der Waals surface area contributed by atoms with Crippen molar-refractivity contribution >= 4 is 17.2 Å². The number of carbonyl (C=O) groups is 1. The Balaban J connectivity index is 1.44. The molecular weight excluding hydrogens is 538 g/mol. The number of nitrogens with zero attached hydrogens (tertiary/aromatic N) is 2. The maximum Gasteiger partial charge on any atom is 0.416 e. The Morgan fingerprint density at radius 2 is 1.48 bits per heavy atom. The van der Waals surface area contributed by atoms with Gasteiger partial charge in [-0.05, 0) is 51.9 Å². The van der Waals surface area contributed by atoms with Gasteiger partial charge in [0.1, 0.15) is 16.5 Å². The Morgan fingerprint density at radius 1 is 0.850 bits per heavy atom. The van der Waals surface area contributed by atoms with E-state index in [1.54, 1.807) is 17.5 Å². The summed E-state index contributed by atoms with van der Waals surface area (Å²) >= 11 is 1.34. The van der Waals surface area contributed by atoms with Crippen molar-refractivity contribution in [2.45, 2.75) is 58.5 Å². The number of hydrogen-bond donors (Lipinski definition) is 1. The molecule has 0 aliphatic heterocycles. The molecule has 1 aromatic heterocycles. The van der Waals surface area contributed by atoms with Gasteiger partial charge in [-0.25, -0.2) is 9.37 Å². The van der Waals surface area contributed by atoms with Crippen molar-refractivity contribution in [2.24, 2.45) is 0 Å². The van der Waals surface area contributed by atoms with Crippen LogP contribution >= 0.6 is 11.3 Å². The van der Waals surface area contributed by atoms with Crippen LogP contribution in [0.4, 0.5) is 17.6 Å². The second kappa shape index (κ2) is 12.3. The van der Waals surface area contributed by atoms with Gasteiger partial charge < -0.3 is 5.32 Å². The summed E-state index contributed by atoms with van der Waals surface area (Å²) in [7, 11) is 0. The van der Waals surface area contributed by atoms with E-state index >= 15 is 0 Å². The summed E-state index contributed by atoms with van der Waals surface area (Å²) in [6.07, 6.45) is -4.45. The van der Waals surface area contributed by atoms with Crippen molar-refractivity contribution in [1.29, 1.82) is 0 Å². The van der Waals surface area contributed by atoms with Crippen molar-refractivity contribution in [2.75, 3.05) is 0 Å². The molecule has 0 saturated carbocycles. The number of alkyl halides is 3. The number of rotatable bonds is 9. The quantitative estimate of drug-likeness (QED) is 0.210. The highest BCUT2D eigenvalue weighted by molar-refractivity contribution is 7.09. The van der Waals surface area contributed by atoms with Gasteiger partial charge >= 0.3 is 6.18 Å². The monoisotopic (exact) mass is 569 g/mol. The molecule has 40 heavy (non-hydrogen) atoms. The SMILES string of the molecule is CC(C)(C)c1ccc(CN(Cc2ccc(F)cc2)Cc2nc(C(=O)NCc3cccc(C(F)(F)F)c3)cs2)cc1. The first-order valence-electron chi connectivity index (χ1n) is 12.8. The summed E-state index contributed by atoms with van der Waals surface area (Å²) in [5.74, 6) is -0.753. The molecule has 0 aliphatic rings. The van der Waals surface area contributed by atoms with Crippen molar-refractivity contribution in [3.8, 4) is 0 Å². The van der Waals surface area contributed by atoms with Crippen molar-refractivity contribution < 1.29 is 22.4 Å². The molecule has 0 radical (unpaired) electrons. The summed E-state index contributed by atoms with van der Waals surface area (Å²) in [5.41, 5.74) is 3.15. The van der Waals surface area contributed by atoms with E-state index in [0.29, 0.717) is 25.2 Å². The van der Waals surface area contributed by atoms with E-state index in [1.807, 2.05) is 0 Å². The molecule has 4 rings (SSSR count). The third kappa shape index (κ3) is 8.22. The maximum atomic E-state index is 13.5. The number of thiazole rings is 1. The normalized spacial score (nSPS) is 12.1. The number of nitrogens with one attached hydrogen (secondary N) is 1. The zero-order valence-corrected chi connectivity index (χ0v) is 23.4. The average Bonchev–Trinajstić information content (AvgIpc) is 3.36. The second-order valence-electron chi connectivity index (χ2n) is 10.7. The Bertz CT molecular complexity index is 1420. The van der Waals surface area contributed by atoms with E-state index in [9.17, 15) is 22.4 Å². The molecule has 0 atom stereocenters. The summed E-state index contributed by atoms with van der Waals surface area (Å²) in [5, 5.41) is 5.02. The lowest BCUT2D eigenvalue weighted by Gasteiger charge is -2.23. The summed E-state index contributed by atoms with van der Waals surface area (Å²) in [6, 6.07) is 19.7. The molecule has 210 valence electrons. The number of carbonyl (C=O) groups excluding carboxylic acids is 1. The summed E-state index contributed by atoms with van der Waals surface area (Å²) in [6.45, 7) is 8.09. The number of amides is 1. The van der Waals surface area contributed by atoms with Crippen LogP contribution < -0.4 is 5.32 Å². The van der Waals surface area contributed by atoms with Gasteiger partial charge in [-0.15, -0.1) is 11.3 Å². The van der Waals surface area contributed by atoms with Crippen molar-refractivity contribution in [1.82, 2.24) is 15.2 Å².